The minimum Gasteiger partial charge on any atom is -0.484 e. The van der Waals surface area contributed by atoms with Crippen LogP contribution < -0.4 is 15.2 Å². The summed E-state index contributed by atoms with van der Waals surface area (Å²) in [6.07, 6.45) is 7.53. The molecule has 1 aliphatic rings. The van der Waals surface area contributed by atoms with Crippen molar-refractivity contribution in [3.63, 3.8) is 0 Å². The van der Waals surface area contributed by atoms with Gasteiger partial charge in [0.25, 0.3) is 10.0 Å². The van der Waals surface area contributed by atoms with Gasteiger partial charge in [-0.25, -0.2) is 17.8 Å². The Labute approximate surface area is 299 Å². The second-order valence-corrected chi connectivity index (χ2v) is 15.6. The Balaban J connectivity index is 1.32. The molecule has 0 bridgehead atoms. The zero-order valence-corrected chi connectivity index (χ0v) is 30.1. The first-order valence-electron chi connectivity index (χ1n) is 16.8. The second kappa shape index (κ2) is 14.1. The van der Waals surface area contributed by atoms with Crippen LogP contribution in [0.2, 0.25) is 0 Å². The van der Waals surface area contributed by atoms with E-state index >= 15 is 0 Å². The summed E-state index contributed by atoms with van der Waals surface area (Å²) in [5.41, 5.74) is 9.22. The van der Waals surface area contributed by atoms with Crippen molar-refractivity contribution >= 4 is 38.4 Å². The average Bonchev–Trinajstić information content (AvgIpc) is 3.71. The molecule has 1 unspecified atom stereocenters. The highest BCUT2D eigenvalue weighted by Crippen LogP contribution is 2.41. The molecule has 1 saturated carbocycles. The first kappa shape index (κ1) is 36.7. The minimum atomic E-state index is -5.04. The molecular formula is C36H40F3N7O5S. The van der Waals surface area contributed by atoms with E-state index in [0.717, 1.165) is 18.4 Å². The number of anilines is 2. The van der Waals surface area contributed by atoms with Gasteiger partial charge in [-0.2, -0.15) is 19.0 Å². The number of aryl methyl sites for hydroxylation is 1. The average molecular weight is 740 g/mol. The number of esters is 1. The number of hydrogen-bond acceptors (Lipinski definition) is 9. The molecule has 276 valence electrons. The summed E-state index contributed by atoms with van der Waals surface area (Å²) in [4.78, 5) is 17.1. The number of nitrogens with zero attached hydrogens (tertiary/aromatic N) is 5. The molecule has 2 aromatic carbocycles. The van der Waals surface area contributed by atoms with Crippen LogP contribution in [-0.4, -0.2) is 50.3 Å². The molecule has 0 radical (unpaired) electrons. The summed E-state index contributed by atoms with van der Waals surface area (Å²) in [5, 5.41) is 9.90. The van der Waals surface area contributed by atoms with Crippen molar-refractivity contribution in [3.05, 3.63) is 72.4 Å². The number of ether oxygens (including phenoxy) is 2. The lowest BCUT2D eigenvalue weighted by Gasteiger charge is -2.29. The fraction of sp³-hybridized carbons (Fsp3) is 0.389. The topological polar surface area (TPSA) is 156 Å². The van der Waals surface area contributed by atoms with E-state index in [1.165, 1.54) is 42.5 Å². The molecule has 0 spiro atoms. The molecule has 1 aliphatic carbocycles. The van der Waals surface area contributed by atoms with Gasteiger partial charge in [-0.3, -0.25) is 18.9 Å². The fourth-order valence-electron chi connectivity index (χ4n) is 6.43. The molecule has 3 N–H and O–H groups in total. The van der Waals surface area contributed by atoms with Gasteiger partial charge in [-0.05, 0) is 83.2 Å². The fourth-order valence-corrected chi connectivity index (χ4v) is 6.99. The Kier molecular flexibility index (Phi) is 9.96. The number of carbonyl (C=O) groups excluding carboxylic acids is 1. The lowest BCUT2D eigenvalue weighted by Crippen LogP contribution is -2.31. The van der Waals surface area contributed by atoms with E-state index in [-0.39, 0.29) is 35.2 Å². The minimum absolute atomic E-state index is 0.0669. The second-order valence-electron chi connectivity index (χ2n) is 13.9. The number of nitrogens with one attached hydrogen (secondary N) is 1. The Morgan fingerprint density at radius 1 is 1.04 bits per heavy atom. The van der Waals surface area contributed by atoms with Gasteiger partial charge in [0.05, 0.1) is 34.7 Å². The largest absolute Gasteiger partial charge is 0.484 e. The van der Waals surface area contributed by atoms with E-state index in [9.17, 15) is 26.4 Å². The van der Waals surface area contributed by atoms with Crippen molar-refractivity contribution in [1.29, 1.82) is 0 Å². The van der Waals surface area contributed by atoms with Crippen LogP contribution >= 0.6 is 0 Å². The smallest absolute Gasteiger partial charge is 0.355 e. The maximum absolute atomic E-state index is 13.6. The zero-order valence-electron chi connectivity index (χ0n) is 29.3. The maximum atomic E-state index is 13.6. The van der Waals surface area contributed by atoms with Crippen molar-refractivity contribution in [2.24, 2.45) is 13.0 Å². The summed E-state index contributed by atoms with van der Waals surface area (Å²) < 4.78 is 81.8. The molecule has 0 aliphatic heterocycles. The van der Waals surface area contributed by atoms with E-state index in [1.807, 2.05) is 36.4 Å². The van der Waals surface area contributed by atoms with Crippen LogP contribution in [0.5, 0.6) is 5.75 Å². The Morgan fingerprint density at radius 2 is 1.73 bits per heavy atom. The number of hydrogen-bond donors (Lipinski definition) is 2. The normalized spacial score (nSPS) is 17.3. The summed E-state index contributed by atoms with van der Waals surface area (Å²) >= 11 is 0. The predicted molar refractivity (Wildman–Crippen MR) is 190 cm³/mol. The number of halogens is 3. The zero-order chi connectivity index (χ0) is 37.5. The van der Waals surface area contributed by atoms with Gasteiger partial charge in [0.1, 0.15) is 34.8 Å². The first-order valence-corrected chi connectivity index (χ1v) is 18.3. The molecule has 1 atom stereocenters. The number of sulfonamides is 1. The Bertz CT molecular complexity index is 2210. The van der Waals surface area contributed by atoms with Crippen molar-refractivity contribution in [3.8, 4) is 28.1 Å². The Hall–Kier alpha value is -5.12. The number of nitrogen functional groups attached to an aromatic ring is 1. The van der Waals surface area contributed by atoms with E-state index in [4.69, 9.17) is 20.3 Å². The monoisotopic (exact) mass is 739 g/mol. The molecule has 0 amide bonds. The number of carbonyl (C=O) groups is 1. The number of pyridine rings is 1. The van der Waals surface area contributed by atoms with Gasteiger partial charge in [0, 0.05) is 36.1 Å². The first-order chi connectivity index (χ1) is 24.5. The highest BCUT2D eigenvalue weighted by Gasteiger charge is 2.31. The molecule has 6 rings (SSSR count). The number of nitrogens with two attached hydrogens (primary N) is 1. The highest BCUT2D eigenvalue weighted by atomic mass is 32.2. The van der Waals surface area contributed by atoms with Gasteiger partial charge >= 0.3 is 11.7 Å². The molecule has 12 nitrogen and oxygen atoms in total. The van der Waals surface area contributed by atoms with Crippen LogP contribution in [0.15, 0.2) is 61.1 Å². The van der Waals surface area contributed by atoms with Crippen molar-refractivity contribution < 1.29 is 35.9 Å². The molecule has 5 aromatic rings. The third-order valence-corrected chi connectivity index (χ3v) is 9.97. The summed E-state index contributed by atoms with van der Waals surface area (Å²) in [6, 6.07) is 9.90. The quantitative estimate of drug-likeness (QED) is 0.139. The third kappa shape index (κ3) is 7.71. The molecular weight excluding hydrogens is 700 g/mol. The number of alkyl halides is 2. The highest BCUT2D eigenvalue weighted by molar-refractivity contribution is 7.93. The van der Waals surface area contributed by atoms with Crippen molar-refractivity contribution in [2.75, 3.05) is 10.5 Å². The molecule has 52 heavy (non-hydrogen) atoms. The van der Waals surface area contributed by atoms with E-state index in [0.29, 0.717) is 46.1 Å². The third-order valence-electron chi connectivity index (χ3n) is 9.00. The Morgan fingerprint density at radius 3 is 2.38 bits per heavy atom. The number of fused-ring (bicyclic) bond motifs is 1. The van der Waals surface area contributed by atoms with Crippen LogP contribution in [0, 0.1) is 11.7 Å². The predicted octanol–water partition coefficient (Wildman–Crippen LogP) is 7.40. The number of benzene rings is 2. The SMILES string of the molecule is CC(Oc1cc(-c2nn(C)c3c(-c4cnn(C5CCC(C(=O)OC(C)(C)C)CC5)c4)cnc(N)c23)ccc1NS(=O)(=O)C(F)F)c1ccc(F)cc1. The van der Waals surface area contributed by atoms with Crippen molar-refractivity contribution in [1.82, 2.24) is 24.5 Å². The van der Waals surface area contributed by atoms with Crippen LogP contribution in [0.4, 0.5) is 24.7 Å². The van der Waals surface area contributed by atoms with Crippen molar-refractivity contribution in [2.45, 2.75) is 76.9 Å². The lowest BCUT2D eigenvalue weighted by molar-refractivity contribution is -0.161. The molecule has 0 saturated heterocycles. The summed E-state index contributed by atoms with van der Waals surface area (Å²) in [6.45, 7) is 7.24. The van der Waals surface area contributed by atoms with E-state index < -0.39 is 33.3 Å². The van der Waals surface area contributed by atoms with Crippen LogP contribution in [-0.2, 0) is 26.6 Å². The van der Waals surface area contributed by atoms with Gasteiger partial charge < -0.3 is 15.2 Å². The lowest BCUT2D eigenvalue weighted by atomic mass is 9.86. The van der Waals surface area contributed by atoms with Gasteiger partial charge in [0.15, 0.2) is 0 Å². The number of aromatic nitrogens is 5. The maximum Gasteiger partial charge on any atom is 0.355 e. The summed E-state index contributed by atoms with van der Waals surface area (Å²) in [5.74, 6) is -4.34. The molecule has 3 aromatic heterocycles. The molecule has 16 heteroatoms. The van der Waals surface area contributed by atoms with E-state index in [1.54, 1.807) is 31.0 Å². The molecule has 3 heterocycles. The van der Waals surface area contributed by atoms with Gasteiger partial charge in [-0.15, -0.1) is 0 Å². The summed E-state index contributed by atoms with van der Waals surface area (Å²) in [7, 11) is -3.30. The standard InChI is InChI=1S/C36H40F3N7O5S/c1-20(21-6-11-25(37)12-7-21)50-29-16-23(10-15-28(29)44-52(48,49)35(38)39)31-30-32(45(5)43-31)27(18-41-33(30)40)24-17-42-46(19-24)26-13-8-22(9-14-26)34(47)51-36(2,3)4/h6-7,10-12,15-20,22,26,35,44H,8-9,13-14H2,1-5H3,(H2,40,41). The molecule has 1 fully saturated rings. The van der Waals surface area contributed by atoms with Gasteiger partial charge in [-0.1, -0.05) is 18.2 Å². The number of rotatable bonds is 10. The van der Waals surface area contributed by atoms with Crippen LogP contribution in [0.1, 0.15) is 71.1 Å². The van der Waals surface area contributed by atoms with Crippen LogP contribution in [0.3, 0.4) is 0 Å². The van der Waals surface area contributed by atoms with Gasteiger partial charge in [0.2, 0.25) is 0 Å². The van der Waals surface area contributed by atoms with E-state index in [2.05, 4.69) is 10.1 Å². The van der Waals surface area contributed by atoms with Crippen LogP contribution in [0.25, 0.3) is 33.3 Å².